The van der Waals surface area contributed by atoms with Crippen LogP contribution in [-0.2, 0) is 9.47 Å². The molecule has 1 aromatic rings. The monoisotopic (exact) mass is 453 g/mol. The maximum atomic E-state index is 13.2. The molecule has 0 saturated carbocycles. The lowest BCUT2D eigenvalue weighted by atomic mass is 9.74. The van der Waals surface area contributed by atoms with Gasteiger partial charge in [0, 0.05) is 20.1 Å². The highest BCUT2D eigenvalue weighted by atomic mass is 16.5. The lowest BCUT2D eigenvalue weighted by Crippen LogP contribution is -2.69. The van der Waals surface area contributed by atoms with Gasteiger partial charge in [0.1, 0.15) is 5.60 Å². The van der Waals surface area contributed by atoms with Gasteiger partial charge in [-0.3, -0.25) is 0 Å². The molecule has 0 spiro atoms. The van der Waals surface area contributed by atoms with Crippen molar-refractivity contribution >= 4 is 11.6 Å². The van der Waals surface area contributed by atoms with Crippen molar-refractivity contribution in [3.8, 4) is 0 Å². The molecular formula is C27H39N3O3. The molecule has 4 aliphatic rings. The van der Waals surface area contributed by atoms with Crippen LogP contribution in [0, 0.1) is 5.92 Å². The van der Waals surface area contributed by atoms with Crippen LogP contribution in [-0.4, -0.2) is 67.6 Å². The van der Waals surface area contributed by atoms with Gasteiger partial charge in [0.2, 0.25) is 0 Å². The van der Waals surface area contributed by atoms with Gasteiger partial charge in [0.25, 0.3) is 0 Å². The molecule has 3 fully saturated rings. The standard InChI is InChI=1S/C27H39N3O3/c1-25(2,28-24(31)29-26(3)20-30-16-12-23(26)13-17-30)27(33-19-18-32-4)14-10-22(11-15-27)21-8-6-5-7-9-21/h5-11,14,23H,12-13,15-20H2,1-4H3,(H2,28,29,31)/t26-,27?/m1/s1. The third-order valence-electron chi connectivity index (χ3n) is 7.84. The number of nitrogens with one attached hydrogen (secondary N) is 2. The van der Waals surface area contributed by atoms with Crippen LogP contribution in [0.2, 0.25) is 0 Å². The third-order valence-corrected chi connectivity index (χ3v) is 7.84. The van der Waals surface area contributed by atoms with E-state index in [1.165, 1.54) is 11.1 Å². The Labute approximate surface area is 198 Å². The van der Waals surface area contributed by atoms with Crippen molar-refractivity contribution < 1.29 is 14.3 Å². The number of benzene rings is 1. The second-order valence-corrected chi connectivity index (χ2v) is 10.5. The van der Waals surface area contributed by atoms with Gasteiger partial charge < -0.3 is 25.0 Å². The van der Waals surface area contributed by atoms with E-state index in [-0.39, 0.29) is 11.6 Å². The van der Waals surface area contributed by atoms with Crippen LogP contribution in [0.1, 0.15) is 45.6 Å². The van der Waals surface area contributed by atoms with Crippen molar-refractivity contribution in [1.29, 1.82) is 0 Å². The highest BCUT2D eigenvalue weighted by molar-refractivity contribution is 5.77. The largest absolute Gasteiger partial charge is 0.382 e. The van der Waals surface area contributed by atoms with E-state index < -0.39 is 11.1 Å². The summed E-state index contributed by atoms with van der Waals surface area (Å²) in [6, 6.07) is 10.2. The first-order chi connectivity index (χ1) is 15.8. The number of rotatable bonds is 8. The van der Waals surface area contributed by atoms with Gasteiger partial charge in [-0.25, -0.2) is 4.79 Å². The Morgan fingerprint density at radius 3 is 2.48 bits per heavy atom. The molecule has 6 nitrogen and oxygen atoms in total. The van der Waals surface area contributed by atoms with Crippen molar-refractivity contribution in [3.05, 3.63) is 54.1 Å². The third kappa shape index (κ3) is 5.03. The first kappa shape index (κ1) is 24.0. The first-order valence-electron chi connectivity index (χ1n) is 12.2. The van der Waals surface area contributed by atoms with E-state index in [1.54, 1.807) is 7.11 Å². The quantitative estimate of drug-likeness (QED) is 0.584. The van der Waals surface area contributed by atoms with E-state index in [4.69, 9.17) is 9.47 Å². The molecule has 3 saturated heterocycles. The van der Waals surface area contributed by atoms with Gasteiger partial charge in [-0.15, -0.1) is 0 Å². The van der Waals surface area contributed by atoms with Gasteiger partial charge in [-0.1, -0.05) is 42.5 Å². The number of allylic oxidation sites excluding steroid dienone is 2. The summed E-state index contributed by atoms with van der Waals surface area (Å²) in [5.74, 6) is 0.536. The molecule has 3 aliphatic heterocycles. The predicted octanol–water partition coefficient (Wildman–Crippen LogP) is 3.99. The molecule has 1 aliphatic carbocycles. The molecule has 0 radical (unpaired) electrons. The van der Waals surface area contributed by atoms with E-state index in [1.807, 2.05) is 32.0 Å². The van der Waals surface area contributed by atoms with E-state index in [2.05, 4.69) is 52.8 Å². The minimum Gasteiger partial charge on any atom is -0.382 e. The van der Waals surface area contributed by atoms with Gasteiger partial charge >= 0.3 is 6.03 Å². The average Bonchev–Trinajstić information content (AvgIpc) is 2.80. The summed E-state index contributed by atoms with van der Waals surface area (Å²) in [5, 5.41) is 6.59. The summed E-state index contributed by atoms with van der Waals surface area (Å²) in [7, 11) is 1.67. The number of hydrogen-bond donors (Lipinski definition) is 2. The molecule has 1 unspecified atom stereocenters. The van der Waals surface area contributed by atoms with Crippen molar-refractivity contribution in [2.75, 3.05) is 40.0 Å². The maximum absolute atomic E-state index is 13.2. The molecule has 2 N–H and O–H groups in total. The lowest BCUT2D eigenvalue weighted by Gasteiger charge is -2.52. The summed E-state index contributed by atoms with van der Waals surface area (Å²) < 4.78 is 11.7. The summed E-state index contributed by atoms with van der Waals surface area (Å²) in [6.07, 6.45) is 9.40. The molecule has 2 atom stereocenters. The normalized spacial score (nSPS) is 31.2. The molecule has 33 heavy (non-hydrogen) atoms. The van der Waals surface area contributed by atoms with Crippen molar-refractivity contribution in [3.63, 3.8) is 0 Å². The van der Waals surface area contributed by atoms with E-state index >= 15 is 0 Å². The Bertz CT molecular complexity index is 889. The molecule has 6 heteroatoms. The number of piperidine rings is 3. The topological polar surface area (TPSA) is 62.8 Å². The van der Waals surface area contributed by atoms with Gasteiger partial charge in [0.05, 0.1) is 24.3 Å². The summed E-state index contributed by atoms with van der Waals surface area (Å²) >= 11 is 0. The number of fused-ring (bicyclic) bond motifs is 3. The van der Waals surface area contributed by atoms with Crippen molar-refractivity contribution in [2.45, 2.75) is 56.7 Å². The molecular weight excluding hydrogens is 414 g/mol. The Morgan fingerprint density at radius 1 is 1.18 bits per heavy atom. The zero-order valence-corrected chi connectivity index (χ0v) is 20.5. The number of ether oxygens (including phenoxy) is 2. The predicted molar refractivity (Wildman–Crippen MR) is 132 cm³/mol. The van der Waals surface area contributed by atoms with Crippen LogP contribution in [0.25, 0.3) is 5.57 Å². The zero-order valence-electron chi connectivity index (χ0n) is 20.5. The fraction of sp³-hybridized carbons (Fsp3) is 0.593. The lowest BCUT2D eigenvalue weighted by molar-refractivity contribution is -0.0747. The van der Waals surface area contributed by atoms with Crippen LogP contribution >= 0.6 is 0 Å². The Balaban J connectivity index is 1.48. The maximum Gasteiger partial charge on any atom is 0.315 e. The smallest absolute Gasteiger partial charge is 0.315 e. The summed E-state index contributed by atoms with van der Waals surface area (Å²) in [6.45, 7) is 10.5. The molecule has 3 heterocycles. The Morgan fingerprint density at radius 2 is 1.91 bits per heavy atom. The number of amides is 2. The van der Waals surface area contributed by atoms with E-state index in [0.717, 1.165) is 32.5 Å². The number of carbonyl (C=O) groups excluding carboxylic acids is 1. The van der Waals surface area contributed by atoms with Crippen LogP contribution in [0.15, 0.2) is 48.6 Å². The second kappa shape index (κ2) is 9.61. The summed E-state index contributed by atoms with van der Waals surface area (Å²) in [4.78, 5) is 15.7. The Hall–Kier alpha value is -2.15. The SMILES string of the molecule is COCCOC1(C(C)(C)NC(=O)N[C@]2(C)CN3CCC2CC3)C=CC(c2ccccc2)=CC1. The van der Waals surface area contributed by atoms with Gasteiger partial charge in [-0.05, 0) is 69.8 Å². The van der Waals surface area contributed by atoms with Crippen molar-refractivity contribution in [2.24, 2.45) is 5.92 Å². The number of methoxy groups -OCH3 is 1. The molecule has 2 amide bonds. The van der Waals surface area contributed by atoms with E-state index in [9.17, 15) is 4.79 Å². The second-order valence-electron chi connectivity index (χ2n) is 10.5. The van der Waals surface area contributed by atoms with E-state index in [0.29, 0.717) is 25.6 Å². The molecule has 5 rings (SSSR count). The highest BCUT2D eigenvalue weighted by Crippen LogP contribution is 2.38. The Kier molecular flexibility index (Phi) is 6.99. The molecule has 2 bridgehead atoms. The molecule has 1 aromatic carbocycles. The number of nitrogens with zero attached hydrogens (tertiary/aromatic N) is 1. The minimum atomic E-state index is -0.670. The summed E-state index contributed by atoms with van der Waals surface area (Å²) in [5.41, 5.74) is 0.852. The van der Waals surface area contributed by atoms with Crippen LogP contribution < -0.4 is 10.6 Å². The van der Waals surface area contributed by atoms with Gasteiger partial charge in [-0.2, -0.15) is 0 Å². The fourth-order valence-corrected chi connectivity index (χ4v) is 5.67. The van der Waals surface area contributed by atoms with Crippen LogP contribution in [0.5, 0.6) is 0 Å². The van der Waals surface area contributed by atoms with Gasteiger partial charge in [0.15, 0.2) is 0 Å². The van der Waals surface area contributed by atoms with Crippen molar-refractivity contribution in [1.82, 2.24) is 15.5 Å². The van der Waals surface area contributed by atoms with Crippen LogP contribution in [0.4, 0.5) is 4.79 Å². The fourth-order valence-electron chi connectivity index (χ4n) is 5.67. The number of carbonyl (C=O) groups is 1. The molecule has 0 aromatic heterocycles. The number of hydrogen-bond acceptors (Lipinski definition) is 4. The first-order valence-corrected chi connectivity index (χ1v) is 12.2. The number of urea groups is 1. The van der Waals surface area contributed by atoms with Crippen LogP contribution in [0.3, 0.4) is 0 Å². The molecule has 180 valence electrons. The average molecular weight is 454 g/mol. The highest BCUT2D eigenvalue weighted by Gasteiger charge is 2.48. The minimum absolute atomic E-state index is 0.128. The zero-order chi connectivity index (χ0) is 23.5.